The molecule has 1 fully saturated rings. The van der Waals surface area contributed by atoms with Crippen LogP contribution in [0, 0.1) is 6.92 Å². The smallest absolute Gasteiger partial charge is 0.249 e. The quantitative estimate of drug-likeness (QED) is 0.870. The lowest BCUT2D eigenvalue weighted by Gasteiger charge is -2.23. The van der Waals surface area contributed by atoms with Gasteiger partial charge in [0.2, 0.25) is 5.91 Å². The lowest BCUT2D eigenvalue weighted by atomic mass is 9.96. The third-order valence-corrected chi connectivity index (χ3v) is 4.00. The molecule has 1 aliphatic carbocycles. The van der Waals surface area contributed by atoms with Crippen LogP contribution >= 0.6 is 0 Å². The fraction of sp³-hybridized carbons (Fsp3) is 0.412. The average molecular weight is 299 g/mol. The number of nitrogens with one attached hydrogen (secondary N) is 1. The van der Waals surface area contributed by atoms with E-state index in [1.807, 2.05) is 29.8 Å². The van der Waals surface area contributed by atoms with Crippen molar-refractivity contribution in [3.8, 4) is 0 Å². The number of hydrogen-bond acceptors (Lipinski definition) is 3. The Labute approximate surface area is 130 Å². The molecule has 2 heterocycles. The molecule has 0 bridgehead atoms. The van der Waals surface area contributed by atoms with Crippen molar-refractivity contribution in [2.24, 2.45) is 0 Å². The SMILES string of the molecule is Cc1ccc(C=CC(=O)Nc2ccnn2C2CCCCC2)o1. The number of carbonyl (C=O) groups is 1. The third kappa shape index (κ3) is 3.47. The Balaban J connectivity index is 1.64. The third-order valence-electron chi connectivity index (χ3n) is 4.00. The van der Waals surface area contributed by atoms with E-state index >= 15 is 0 Å². The fourth-order valence-electron chi connectivity index (χ4n) is 2.90. The molecule has 0 aliphatic heterocycles. The highest BCUT2D eigenvalue weighted by Gasteiger charge is 2.18. The van der Waals surface area contributed by atoms with Gasteiger partial charge in [-0.15, -0.1) is 0 Å². The first-order valence-electron chi connectivity index (χ1n) is 7.81. The van der Waals surface area contributed by atoms with Crippen molar-refractivity contribution in [3.63, 3.8) is 0 Å². The van der Waals surface area contributed by atoms with Crippen molar-refractivity contribution in [2.75, 3.05) is 5.32 Å². The number of furan rings is 1. The van der Waals surface area contributed by atoms with Crippen molar-refractivity contribution in [1.29, 1.82) is 0 Å². The number of hydrogen-bond donors (Lipinski definition) is 1. The average Bonchev–Trinajstić information content (AvgIpc) is 3.15. The summed E-state index contributed by atoms with van der Waals surface area (Å²) in [6.45, 7) is 1.88. The van der Waals surface area contributed by atoms with Crippen LogP contribution in [0.3, 0.4) is 0 Å². The van der Waals surface area contributed by atoms with E-state index in [0.717, 1.165) is 24.4 Å². The number of nitrogens with zero attached hydrogens (tertiary/aromatic N) is 2. The molecule has 0 radical (unpaired) electrons. The highest BCUT2D eigenvalue weighted by molar-refractivity contribution is 6.01. The van der Waals surface area contributed by atoms with E-state index in [1.54, 1.807) is 12.3 Å². The lowest BCUT2D eigenvalue weighted by molar-refractivity contribution is -0.111. The van der Waals surface area contributed by atoms with Gasteiger partial charge in [-0.2, -0.15) is 5.10 Å². The van der Waals surface area contributed by atoms with Crippen LogP contribution in [0.4, 0.5) is 5.82 Å². The number of amides is 1. The number of aryl methyl sites for hydroxylation is 1. The molecule has 1 aliphatic rings. The van der Waals surface area contributed by atoms with E-state index in [1.165, 1.54) is 25.3 Å². The van der Waals surface area contributed by atoms with Crippen LogP contribution in [-0.2, 0) is 4.79 Å². The first-order valence-corrected chi connectivity index (χ1v) is 7.81. The van der Waals surface area contributed by atoms with Crippen LogP contribution in [-0.4, -0.2) is 15.7 Å². The van der Waals surface area contributed by atoms with Gasteiger partial charge in [-0.1, -0.05) is 19.3 Å². The summed E-state index contributed by atoms with van der Waals surface area (Å²) < 4.78 is 7.35. The van der Waals surface area contributed by atoms with Gasteiger partial charge in [0.25, 0.3) is 0 Å². The standard InChI is InChI=1S/C17H21N3O2/c1-13-7-8-15(22-13)9-10-17(21)19-16-11-12-18-20(16)14-5-3-2-4-6-14/h7-12,14H,2-6H2,1H3,(H,19,21). The maximum absolute atomic E-state index is 12.0. The van der Waals surface area contributed by atoms with E-state index in [2.05, 4.69) is 10.4 Å². The van der Waals surface area contributed by atoms with Gasteiger partial charge in [0.15, 0.2) is 0 Å². The minimum Gasteiger partial charge on any atom is -0.462 e. The second kappa shape index (κ2) is 6.64. The van der Waals surface area contributed by atoms with Crippen molar-refractivity contribution in [2.45, 2.75) is 45.1 Å². The van der Waals surface area contributed by atoms with Gasteiger partial charge in [0.05, 0.1) is 12.2 Å². The predicted molar refractivity (Wildman–Crippen MR) is 85.5 cm³/mol. The molecular formula is C17H21N3O2. The Bertz CT molecular complexity index is 663. The second-order valence-electron chi connectivity index (χ2n) is 5.72. The second-order valence-corrected chi connectivity index (χ2v) is 5.72. The monoisotopic (exact) mass is 299 g/mol. The Kier molecular flexibility index (Phi) is 4.42. The largest absolute Gasteiger partial charge is 0.462 e. The van der Waals surface area contributed by atoms with Crippen LogP contribution in [0.2, 0.25) is 0 Å². The Hall–Kier alpha value is -2.30. The molecule has 116 valence electrons. The Morgan fingerprint density at radius 1 is 1.32 bits per heavy atom. The maximum Gasteiger partial charge on any atom is 0.249 e. The predicted octanol–water partition coefficient (Wildman–Crippen LogP) is 3.94. The summed E-state index contributed by atoms with van der Waals surface area (Å²) in [6.07, 6.45) is 10.9. The molecule has 22 heavy (non-hydrogen) atoms. The van der Waals surface area contributed by atoms with Crippen molar-refractivity contribution in [3.05, 3.63) is 42.0 Å². The number of rotatable bonds is 4. The van der Waals surface area contributed by atoms with Gasteiger partial charge in [0, 0.05) is 12.1 Å². The van der Waals surface area contributed by atoms with Gasteiger partial charge in [-0.3, -0.25) is 4.79 Å². The van der Waals surface area contributed by atoms with Gasteiger partial charge >= 0.3 is 0 Å². The summed E-state index contributed by atoms with van der Waals surface area (Å²) in [5.74, 6) is 2.09. The van der Waals surface area contributed by atoms with E-state index in [9.17, 15) is 4.79 Å². The molecule has 0 unspecified atom stereocenters. The van der Waals surface area contributed by atoms with E-state index in [0.29, 0.717) is 11.8 Å². The molecule has 1 N–H and O–H groups in total. The summed E-state index contributed by atoms with van der Waals surface area (Å²) in [7, 11) is 0. The fourth-order valence-corrected chi connectivity index (χ4v) is 2.90. The highest BCUT2D eigenvalue weighted by atomic mass is 16.3. The number of aromatic nitrogens is 2. The Morgan fingerprint density at radius 3 is 2.86 bits per heavy atom. The molecule has 0 aromatic carbocycles. The summed E-state index contributed by atoms with van der Waals surface area (Å²) in [6, 6.07) is 5.95. The molecule has 5 nitrogen and oxygen atoms in total. The van der Waals surface area contributed by atoms with Crippen LogP contribution in [0.15, 0.2) is 34.9 Å². The van der Waals surface area contributed by atoms with Crippen LogP contribution < -0.4 is 5.32 Å². The van der Waals surface area contributed by atoms with Gasteiger partial charge in [-0.25, -0.2) is 4.68 Å². The first kappa shape index (κ1) is 14.6. The van der Waals surface area contributed by atoms with Gasteiger partial charge in [0.1, 0.15) is 17.3 Å². The minimum absolute atomic E-state index is 0.174. The molecule has 1 saturated carbocycles. The maximum atomic E-state index is 12.0. The van der Waals surface area contributed by atoms with Crippen molar-refractivity contribution in [1.82, 2.24) is 9.78 Å². The zero-order chi connectivity index (χ0) is 15.4. The molecule has 0 saturated heterocycles. The van der Waals surface area contributed by atoms with E-state index < -0.39 is 0 Å². The summed E-state index contributed by atoms with van der Waals surface area (Å²) in [5, 5.41) is 7.27. The van der Waals surface area contributed by atoms with E-state index in [4.69, 9.17) is 4.42 Å². The number of carbonyl (C=O) groups excluding carboxylic acids is 1. The molecule has 5 heteroatoms. The van der Waals surface area contributed by atoms with Crippen LogP contribution in [0.1, 0.15) is 49.7 Å². The molecule has 0 atom stereocenters. The topological polar surface area (TPSA) is 60.1 Å². The summed E-state index contributed by atoms with van der Waals surface area (Å²) >= 11 is 0. The number of anilines is 1. The minimum atomic E-state index is -0.174. The van der Waals surface area contributed by atoms with Crippen molar-refractivity contribution < 1.29 is 9.21 Å². The molecule has 2 aromatic rings. The molecule has 1 amide bonds. The normalized spacial score (nSPS) is 16.2. The van der Waals surface area contributed by atoms with Gasteiger partial charge in [-0.05, 0) is 38.0 Å². The van der Waals surface area contributed by atoms with Crippen molar-refractivity contribution >= 4 is 17.8 Å². The zero-order valence-electron chi connectivity index (χ0n) is 12.8. The molecule has 0 spiro atoms. The van der Waals surface area contributed by atoms with Crippen LogP contribution in [0.25, 0.3) is 6.08 Å². The highest BCUT2D eigenvalue weighted by Crippen LogP contribution is 2.29. The molecule has 3 rings (SSSR count). The summed E-state index contributed by atoms with van der Waals surface area (Å²) in [5.41, 5.74) is 0. The van der Waals surface area contributed by atoms with Crippen LogP contribution in [0.5, 0.6) is 0 Å². The van der Waals surface area contributed by atoms with Gasteiger partial charge < -0.3 is 9.73 Å². The lowest BCUT2D eigenvalue weighted by Crippen LogP contribution is -2.19. The molecule has 2 aromatic heterocycles. The summed E-state index contributed by atoms with van der Waals surface area (Å²) in [4.78, 5) is 12.0. The molecular weight excluding hydrogens is 278 g/mol. The first-order chi connectivity index (χ1) is 10.7. The zero-order valence-corrected chi connectivity index (χ0v) is 12.8. The Morgan fingerprint density at radius 2 is 2.14 bits per heavy atom. The van der Waals surface area contributed by atoms with E-state index in [-0.39, 0.29) is 5.91 Å².